The monoisotopic (exact) mass is 284 g/mol. The number of piperidine rings is 1. The van der Waals surface area contributed by atoms with Gasteiger partial charge in [0.2, 0.25) is 5.95 Å². The summed E-state index contributed by atoms with van der Waals surface area (Å²) >= 11 is 3.32. The second-order valence-corrected chi connectivity index (χ2v) is 5.55. The molecule has 1 fully saturated rings. The Hall–Kier alpha value is -0.680. The van der Waals surface area contributed by atoms with Crippen LogP contribution in [0.15, 0.2) is 16.9 Å². The molecule has 0 spiro atoms. The normalized spacial score (nSPS) is 19.4. The van der Waals surface area contributed by atoms with Gasteiger partial charge in [0.25, 0.3) is 0 Å². The lowest BCUT2D eigenvalue weighted by molar-refractivity contribution is 0.247. The van der Waals surface area contributed by atoms with Gasteiger partial charge in [0, 0.05) is 18.9 Å². The smallest absolute Gasteiger partial charge is 0.222 e. The molecule has 0 saturated carbocycles. The first-order chi connectivity index (χ1) is 7.68. The molecule has 0 amide bonds. The van der Waals surface area contributed by atoms with Gasteiger partial charge in [-0.3, -0.25) is 0 Å². The molecule has 0 aliphatic carbocycles. The number of hydrogen-bond donors (Lipinski definition) is 2. The minimum Gasteiger partial charge on any atom is -0.354 e. The lowest BCUT2D eigenvalue weighted by Gasteiger charge is -2.34. The summed E-state index contributed by atoms with van der Waals surface area (Å²) in [6.07, 6.45) is 5.94. The van der Waals surface area contributed by atoms with E-state index in [-0.39, 0.29) is 0 Å². The Morgan fingerprint density at radius 3 is 2.62 bits per heavy atom. The maximum atomic E-state index is 4.21. The molecule has 2 N–H and O–H groups in total. The zero-order valence-corrected chi connectivity index (χ0v) is 11.0. The Balaban J connectivity index is 1.88. The molecule has 2 rings (SSSR count). The molecule has 0 bridgehead atoms. The lowest BCUT2D eigenvalue weighted by atomic mass is 9.81. The first-order valence-corrected chi connectivity index (χ1v) is 6.39. The summed E-state index contributed by atoms with van der Waals surface area (Å²) in [5.74, 6) is 0.711. The molecule has 0 aromatic carbocycles. The maximum absolute atomic E-state index is 4.21. The van der Waals surface area contributed by atoms with E-state index >= 15 is 0 Å². The van der Waals surface area contributed by atoms with Crippen molar-refractivity contribution in [1.82, 2.24) is 15.3 Å². The van der Waals surface area contributed by atoms with Crippen LogP contribution in [-0.4, -0.2) is 29.6 Å². The molecule has 1 aromatic rings. The Morgan fingerprint density at radius 1 is 1.38 bits per heavy atom. The molecule has 88 valence electrons. The van der Waals surface area contributed by atoms with Crippen LogP contribution >= 0.6 is 15.9 Å². The molecule has 0 radical (unpaired) electrons. The fourth-order valence-corrected chi connectivity index (χ4v) is 2.11. The molecule has 0 atom stereocenters. The number of anilines is 1. The van der Waals surface area contributed by atoms with Crippen LogP contribution in [0.3, 0.4) is 0 Å². The van der Waals surface area contributed by atoms with Crippen molar-refractivity contribution in [3.63, 3.8) is 0 Å². The highest BCUT2D eigenvalue weighted by atomic mass is 79.9. The van der Waals surface area contributed by atoms with Crippen molar-refractivity contribution < 1.29 is 0 Å². The Labute approximate surface area is 104 Å². The van der Waals surface area contributed by atoms with Crippen LogP contribution in [-0.2, 0) is 0 Å². The molecular weight excluding hydrogens is 268 g/mol. The van der Waals surface area contributed by atoms with E-state index in [1.807, 2.05) is 0 Å². The van der Waals surface area contributed by atoms with Gasteiger partial charge >= 0.3 is 0 Å². The lowest BCUT2D eigenvalue weighted by Crippen LogP contribution is -2.39. The molecule has 1 aliphatic rings. The molecule has 2 heterocycles. The molecular formula is C11H17BrN4. The second-order valence-electron chi connectivity index (χ2n) is 4.64. The van der Waals surface area contributed by atoms with Gasteiger partial charge in [-0.25, -0.2) is 9.97 Å². The van der Waals surface area contributed by atoms with E-state index in [0.717, 1.165) is 24.1 Å². The largest absolute Gasteiger partial charge is 0.354 e. The molecule has 16 heavy (non-hydrogen) atoms. The third-order valence-corrected chi connectivity index (χ3v) is 3.51. The van der Waals surface area contributed by atoms with E-state index in [4.69, 9.17) is 0 Å². The van der Waals surface area contributed by atoms with Crippen LogP contribution < -0.4 is 10.6 Å². The topological polar surface area (TPSA) is 49.8 Å². The summed E-state index contributed by atoms with van der Waals surface area (Å²) in [4.78, 5) is 8.42. The van der Waals surface area contributed by atoms with E-state index in [1.54, 1.807) is 12.4 Å². The summed E-state index contributed by atoms with van der Waals surface area (Å²) in [5, 5.41) is 6.69. The molecule has 0 unspecified atom stereocenters. The van der Waals surface area contributed by atoms with Crippen molar-refractivity contribution in [3.05, 3.63) is 16.9 Å². The number of hydrogen-bond acceptors (Lipinski definition) is 4. The van der Waals surface area contributed by atoms with E-state index in [2.05, 4.69) is 43.5 Å². The van der Waals surface area contributed by atoms with Crippen molar-refractivity contribution in [2.45, 2.75) is 19.8 Å². The second kappa shape index (κ2) is 5.10. The minimum atomic E-state index is 0.363. The van der Waals surface area contributed by atoms with Crippen molar-refractivity contribution in [3.8, 4) is 0 Å². The Kier molecular flexibility index (Phi) is 3.76. The fraction of sp³-hybridized carbons (Fsp3) is 0.636. The van der Waals surface area contributed by atoms with E-state index < -0.39 is 0 Å². The van der Waals surface area contributed by atoms with Gasteiger partial charge in [-0.15, -0.1) is 0 Å². The highest BCUT2D eigenvalue weighted by Gasteiger charge is 2.26. The predicted octanol–water partition coefficient (Wildman–Crippen LogP) is 2.04. The molecule has 4 nitrogen and oxygen atoms in total. The SMILES string of the molecule is CC1(CNc2ncc(Br)cn2)CCNCC1. The summed E-state index contributed by atoms with van der Waals surface area (Å²) in [6, 6.07) is 0. The van der Waals surface area contributed by atoms with Gasteiger partial charge in [0.1, 0.15) is 0 Å². The number of halogens is 1. The number of aromatic nitrogens is 2. The van der Waals surface area contributed by atoms with Crippen LogP contribution in [0.1, 0.15) is 19.8 Å². The third-order valence-electron chi connectivity index (χ3n) is 3.10. The zero-order chi connectivity index (χ0) is 11.4. The van der Waals surface area contributed by atoms with Crippen LogP contribution in [0.25, 0.3) is 0 Å². The first kappa shape index (κ1) is 11.8. The maximum Gasteiger partial charge on any atom is 0.222 e. The molecule has 1 saturated heterocycles. The van der Waals surface area contributed by atoms with Gasteiger partial charge < -0.3 is 10.6 Å². The van der Waals surface area contributed by atoms with Gasteiger partial charge in [-0.2, -0.15) is 0 Å². The average molecular weight is 285 g/mol. The molecule has 5 heteroatoms. The number of rotatable bonds is 3. The number of nitrogens with one attached hydrogen (secondary N) is 2. The molecule has 1 aliphatic heterocycles. The third kappa shape index (κ3) is 3.15. The van der Waals surface area contributed by atoms with Crippen molar-refractivity contribution in [1.29, 1.82) is 0 Å². The van der Waals surface area contributed by atoms with E-state index in [9.17, 15) is 0 Å². The van der Waals surface area contributed by atoms with Gasteiger partial charge in [0.05, 0.1) is 4.47 Å². The summed E-state index contributed by atoms with van der Waals surface area (Å²) in [6.45, 7) is 5.48. The van der Waals surface area contributed by atoms with Crippen LogP contribution in [0.5, 0.6) is 0 Å². The van der Waals surface area contributed by atoms with Crippen LogP contribution in [0, 0.1) is 5.41 Å². The first-order valence-electron chi connectivity index (χ1n) is 5.60. The highest BCUT2D eigenvalue weighted by Crippen LogP contribution is 2.27. The Morgan fingerprint density at radius 2 is 2.00 bits per heavy atom. The molecule has 1 aromatic heterocycles. The Bertz CT molecular complexity index is 332. The van der Waals surface area contributed by atoms with Crippen molar-refractivity contribution in [2.24, 2.45) is 5.41 Å². The fourth-order valence-electron chi connectivity index (χ4n) is 1.90. The quantitative estimate of drug-likeness (QED) is 0.892. The standard InChI is InChI=1S/C11H17BrN4/c1-11(2-4-13-5-3-11)8-16-10-14-6-9(12)7-15-10/h6-7,13H,2-5,8H2,1H3,(H,14,15,16). The highest BCUT2D eigenvalue weighted by molar-refractivity contribution is 9.10. The van der Waals surface area contributed by atoms with Gasteiger partial charge in [0.15, 0.2) is 0 Å². The van der Waals surface area contributed by atoms with Crippen LogP contribution in [0.4, 0.5) is 5.95 Å². The van der Waals surface area contributed by atoms with Crippen LogP contribution in [0.2, 0.25) is 0 Å². The van der Waals surface area contributed by atoms with E-state index in [1.165, 1.54) is 12.8 Å². The van der Waals surface area contributed by atoms with Crippen molar-refractivity contribution in [2.75, 3.05) is 25.0 Å². The van der Waals surface area contributed by atoms with Gasteiger partial charge in [-0.1, -0.05) is 6.92 Å². The zero-order valence-electron chi connectivity index (χ0n) is 9.46. The summed E-state index contributed by atoms with van der Waals surface area (Å²) in [7, 11) is 0. The minimum absolute atomic E-state index is 0.363. The number of nitrogens with zero attached hydrogens (tertiary/aromatic N) is 2. The predicted molar refractivity (Wildman–Crippen MR) is 68.4 cm³/mol. The van der Waals surface area contributed by atoms with Gasteiger partial charge in [-0.05, 0) is 47.3 Å². The average Bonchev–Trinajstić information content (AvgIpc) is 2.29. The summed E-state index contributed by atoms with van der Waals surface area (Å²) < 4.78 is 0.908. The summed E-state index contributed by atoms with van der Waals surface area (Å²) in [5.41, 5.74) is 0.363. The van der Waals surface area contributed by atoms with E-state index in [0.29, 0.717) is 11.4 Å². The van der Waals surface area contributed by atoms with Crippen molar-refractivity contribution >= 4 is 21.9 Å².